The summed E-state index contributed by atoms with van der Waals surface area (Å²) in [6.07, 6.45) is 11.7. The summed E-state index contributed by atoms with van der Waals surface area (Å²) < 4.78 is 53.7. The van der Waals surface area contributed by atoms with Crippen LogP contribution >= 0.6 is 11.6 Å². The molecule has 4 aromatic rings. The molecule has 1 saturated carbocycles. The van der Waals surface area contributed by atoms with Gasteiger partial charge in [0.15, 0.2) is 0 Å². The van der Waals surface area contributed by atoms with Gasteiger partial charge in [-0.1, -0.05) is 238 Å². The number of rotatable bonds is 25. The maximum Gasteiger partial charge on any atom is 0.426 e. The monoisotopic (exact) mass is 1010 g/mol. The van der Waals surface area contributed by atoms with Crippen molar-refractivity contribution in [1.29, 1.82) is 0 Å². The van der Waals surface area contributed by atoms with Gasteiger partial charge >= 0.3 is 18.1 Å². The number of unbranched alkanes of at least 4 members (excludes halogenated alkanes) is 14. The van der Waals surface area contributed by atoms with Crippen LogP contribution in [0.1, 0.15) is 135 Å². The molecule has 0 radical (unpaired) electrons. The van der Waals surface area contributed by atoms with Gasteiger partial charge in [0.05, 0.1) is 12.5 Å². The first-order valence-corrected chi connectivity index (χ1v) is 26.1. The SMILES string of the molecule is CCCCCCCCCCCCCCCCCC(=O)OC[C@@H](O)[C@H]1OC[C@H](O)[C@H]1O.Cc1c(COC(=O)C2C(/C=C(\Cl)C(F)(F)F)C2(C)C)cccc1-c1ccccc1.c1ccc(-c2ccccc2)cc1. The molecule has 1 saturated heterocycles. The van der Waals surface area contributed by atoms with E-state index in [2.05, 4.69) is 55.5 Å². The third kappa shape index (κ3) is 20.5. The van der Waals surface area contributed by atoms with Crippen LogP contribution in [0.15, 0.2) is 120 Å². The zero-order valence-electron chi connectivity index (χ0n) is 42.3. The lowest BCUT2D eigenvalue weighted by Crippen LogP contribution is -2.41. The van der Waals surface area contributed by atoms with Crippen LogP contribution in [-0.4, -0.2) is 71.1 Å². The summed E-state index contributed by atoms with van der Waals surface area (Å²) in [5, 5.41) is 27.8. The predicted octanol–water partition coefficient (Wildman–Crippen LogP) is 14.3. The standard InChI is InChI=1S/C24H46O6.C23H22ClF3O2.C12H10/c1-2-3-4-5-6-7-8-9-10-11-12-13-14-15-16-17-22(27)29-19-21(26)24-23(28)20(25)18-30-24;1-14-16(10-7-11-17(14)15-8-5-4-6-9-15)13-29-21(28)20-18(22(20,2)3)12-19(24)23(25,26)27;1-3-7-11(8-4-1)12-9-5-2-6-10-12/h20-21,23-26,28H,2-19H2,1H3;4-12,18,20H,13H2,1-3H3;1-10H/b;19-12-;/t20-,21+,23+,24+;;/m0../s1. The number of aliphatic hydroxyl groups excluding tert-OH is 3. The molecule has 2 fully saturated rings. The van der Waals surface area contributed by atoms with Crippen molar-refractivity contribution in [3.8, 4) is 22.3 Å². The van der Waals surface area contributed by atoms with Gasteiger partial charge in [0.25, 0.3) is 0 Å². The molecule has 0 bridgehead atoms. The number of allylic oxidation sites excluding steroid dienone is 2. The lowest BCUT2D eigenvalue weighted by atomic mass is 9.97. The van der Waals surface area contributed by atoms with Crippen molar-refractivity contribution in [2.75, 3.05) is 13.2 Å². The Balaban J connectivity index is 0.000000250. The molecule has 3 N–H and O–H groups in total. The van der Waals surface area contributed by atoms with E-state index in [0.717, 1.165) is 47.6 Å². The number of esters is 2. The summed E-state index contributed by atoms with van der Waals surface area (Å²) in [6.45, 7) is 7.53. The molecule has 12 heteroatoms. The Morgan fingerprint density at radius 1 is 0.718 bits per heavy atom. The number of hydrogen-bond donors (Lipinski definition) is 3. The van der Waals surface area contributed by atoms with E-state index in [9.17, 15) is 38.1 Å². The highest BCUT2D eigenvalue weighted by Gasteiger charge is 2.62. The molecule has 390 valence electrons. The summed E-state index contributed by atoms with van der Waals surface area (Å²) in [5.74, 6) is -2.08. The van der Waals surface area contributed by atoms with Crippen LogP contribution in [-0.2, 0) is 30.4 Å². The number of carbonyl (C=O) groups excluding carboxylic acids is 2. The highest BCUT2D eigenvalue weighted by Crippen LogP contribution is 2.60. The maximum atomic E-state index is 12.7. The minimum Gasteiger partial charge on any atom is -0.463 e. The van der Waals surface area contributed by atoms with Gasteiger partial charge in [-0.3, -0.25) is 9.59 Å². The van der Waals surface area contributed by atoms with Crippen molar-refractivity contribution in [2.45, 2.75) is 168 Å². The van der Waals surface area contributed by atoms with E-state index in [0.29, 0.717) is 6.42 Å². The molecule has 1 heterocycles. The highest BCUT2D eigenvalue weighted by atomic mass is 35.5. The molecule has 6 rings (SSSR count). The zero-order valence-corrected chi connectivity index (χ0v) is 43.0. The summed E-state index contributed by atoms with van der Waals surface area (Å²) >= 11 is 5.34. The smallest absolute Gasteiger partial charge is 0.426 e. The fourth-order valence-corrected chi connectivity index (χ4v) is 9.05. The molecular formula is C59H78ClF3O8. The number of aliphatic hydroxyl groups is 3. The minimum atomic E-state index is -4.61. The van der Waals surface area contributed by atoms with Crippen LogP contribution in [0.2, 0.25) is 0 Å². The number of ether oxygens (including phenoxy) is 3. The van der Waals surface area contributed by atoms with Crippen LogP contribution in [0.25, 0.3) is 22.3 Å². The third-order valence-corrected chi connectivity index (χ3v) is 13.9. The van der Waals surface area contributed by atoms with Gasteiger partial charge < -0.3 is 29.5 Å². The van der Waals surface area contributed by atoms with E-state index >= 15 is 0 Å². The molecule has 1 aliphatic carbocycles. The third-order valence-electron chi connectivity index (χ3n) is 13.5. The molecular weight excluding hydrogens is 929 g/mol. The fourth-order valence-electron chi connectivity index (χ4n) is 8.91. The van der Waals surface area contributed by atoms with Crippen LogP contribution in [0.5, 0.6) is 0 Å². The van der Waals surface area contributed by atoms with Crippen molar-refractivity contribution >= 4 is 23.5 Å². The molecule has 2 unspecified atom stereocenters. The topological polar surface area (TPSA) is 123 Å². The minimum absolute atomic E-state index is 0.0179. The number of hydrogen-bond acceptors (Lipinski definition) is 8. The van der Waals surface area contributed by atoms with E-state index in [1.54, 1.807) is 13.8 Å². The van der Waals surface area contributed by atoms with E-state index in [1.807, 2.05) is 67.6 Å². The Morgan fingerprint density at radius 2 is 1.20 bits per heavy atom. The number of benzene rings is 4. The molecule has 0 amide bonds. The fraction of sp³-hybridized carbons (Fsp3) is 0.525. The van der Waals surface area contributed by atoms with E-state index in [4.69, 9.17) is 25.8 Å². The molecule has 2 aliphatic rings. The van der Waals surface area contributed by atoms with Crippen molar-refractivity contribution in [2.24, 2.45) is 17.3 Å². The number of alkyl halides is 3. The molecule has 71 heavy (non-hydrogen) atoms. The van der Waals surface area contributed by atoms with Gasteiger partial charge in [-0.15, -0.1) is 0 Å². The molecule has 1 aliphatic heterocycles. The lowest BCUT2D eigenvalue weighted by Gasteiger charge is -2.20. The van der Waals surface area contributed by atoms with Crippen molar-refractivity contribution in [3.63, 3.8) is 0 Å². The normalized spacial score (nSPS) is 19.6. The molecule has 4 aromatic carbocycles. The number of halogens is 4. The van der Waals surface area contributed by atoms with Gasteiger partial charge in [-0.05, 0) is 58.1 Å². The second-order valence-electron chi connectivity index (χ2n) is 19.4. The average molecular weight is 1010 g/mol. The van der Waals surface area contributed by atoms with Gasteiger partial charge in [0.2, 0.25) is 0 Å². The molecule has 8 nitrogen and oxygen atoms in total. The summed E-state index contributed by atoms with van der Waals surface area (Å²) in [5.41, 5.74) is 5.90. The van der Waals surface area contributed by atoms with Gasteiger partial charge in [0.1, 0.15) is 42.7 Å². The Labute approximate surface area is 426 Å². The molecule has 0 aromatic heterocycles. The Kier molecular flexibility index (Phi) is 25.9. The van der Waals surface area contributed by atoms with Crippen LogP contribution in [0, 0.1) is 24.2 Å². The second-order valence-corrected chi connectivity index (χ2v) is 19.8. The summed E-state index contributed by atoms with van der Waals surface area (Å²) in [4.78, 5) is 24.3. The highest BCUT2D eigenvalue weighted by molar-refractivity contribution is 6.30. The van der Waals surface area contributed by atoms with Gasteiger partial charge in [0, 0.05) is 6.42 Å². The van der Waals surface area contributed by atoms with Crippen molar-refractivity contribution < 1.29 is 52.3 Å². The Hall–Kier alpha value is -4.52. The van der Waals surface area contributed by atoms with Gasteiger partial charge in [-0.2, -0.15) is 13.2 Å². The Morgan fingerprint density at radius 3 is 1.66 bits per heavy atom. The first-order valence-electron chi connectivity index (χ1n) is 25.7. The molecule has 6 atom stereocenters. The zero-order chi connectivity index (χ0) is 51.7. The van der Waals surface area contributed by atoms with Gasteiger partial charge in [-0.25, -0.2) is 0 Å². The second kappa shape index (κ2) is 31.2. The predicted molar refractivity (Wildman–Crippen MR) is 277 cm³/mol. The Bertz CT molecular complexity index is 2110. The lowest BCUT2D eigenvalue weighted by molar-refractivity contribution is -0.151. The number of carbonyl (C=O) groups is 2. The first kappa shape index (κ1) is 59.0. The van der Waals surface area contributed by atoms with E-state index < -0.39 is 58.8 Å². The largest absolute Gasteiger partial charge is 0.463 e. The van der Waals surface area contributed by atoms with Crippen LogP contribution < -0.4 is 0 Å². The summed E-state index contributed by atoms with van der Waals surface area (Å²) in [6, 6.07) is 36.4. The van der Waals surface area contributed by atoms with E-state index in [1.165, 1.54) is 88.2 Å². The van der Waals surface area contributed by atoms with Crippen LogP contribution in [0.3, 0.4) is 0 Å². The first-order chi connectivity index (χ1) is 34.1. The summed E-state index contributed by atoms with van der Waals surface area (Å²) in [7, 11) is 0. The average Bonchev–Trinajstić information content (AvgIpc) is 3.74. The van der Waals surface area contributed by atoms with Crippen LogP contribution in [0.4, 0.5) is 13.2 Å². The maximum absolute atomic E-state index is 12.7. The van der Waals surface area contributed by atoms with Crippen molar-refractivity contribution in [3.05, 3.63) is 131 Å². The van der Waals surface area contributed by atoms with E-state index in [-0.39, 0.29) is 25.8 Å². The quantitative estimate of drug-likeness (QED) is 0.0443. The molecule has 0 spiro atoms. The van der Waals surface area contributed by atoms with Crippen molar-refractivity contribution in [1.82, 2.24) is 0 Å².